The maximum Gasteiger partial charge on any atom is 0.280 e. The Bertz CT molecular complexity index is 1240. The Morgan fingerprint density at radius 2 is 1.67 bits per heavy atom. The van der Waals surface area contributed by atoms with Gasteiger partial charge in [0.25, 0.3) is 5.56 Å². The number of fused-ring (bicyclic) bond motifs is 1. The monoisotopic (exact) mass is 422 g/mol. The highest BCUT2D eigenvalue weighted by Crippen LogP contribution is 2.24. The van der Waals surface area contributed by atoms with Gasteiger partial charge in [-0.3, -0.25) is 14.0 Å². The largest absolute Gasteiger partial charge is 0.281 e. The van der Waals surface area contributed by atoms with Crippen LogP contribution in [0.25, 0.3) is 11.0 Å². The second-order valence-electron chi connectivity index (χ2n) is 7.28. The predicted octanol–water partition coefficient (Wildman–Crippen LogP) is 4.71. The van der Waals surface area contributed by atoms with Gasteiger partial charge in [-0.2, -0.15) is 5.10 Å². The summed E-state index contributed by atoms with van der Waals surface area (Å²) in [5.41, 5.74) is 5.01. The molecule has 2 aromatic heterocycles. The van der Waals surface area contributed by atoms with Crippen molar-refractivity contribution in [3.63, 3.8) is 0 Å². The van der Waals surface area contributed by atoms with Crippen molar-refractivity contribution in [2.75, 3.05) is 0 Å². The molecule has 7 heteroatoms. The molecule has 0 saturated carbocycles. The average molecular weight is 423 g/mol. The zero-order valence-corrected chi connectivity index (χ0v) is 18.0. The van der Waals surface area contributed by atoms with E-state index in [1.54, 1.807) is 21.4 Å². The number of aromatic nitrogens is 4. The van der Waals surface area contributed by atoms with E-state index in [1.165, 1.54) is 29.5 Å². The maximum atomic E-state index is 13.5. The second kappa shape index (κ2) is 8.44. The Labute approximate surface area is 178 Å². The highest BCUT2D eigenvalue weighted by molar-refractivity contribution is 7.98. The van der Waals surface area contributed by atoms with Crippen molar-refractivity contribution in [2.45, 2.75) is 44.8 Å². The number of thioether (sulfide) groups is 1. The van der Waals surface area contributed by atoms with Crippen LogP contribution in [-0.4, -0.2) is 19.3 Å². The Balaban J connectivity index is 1.79. The normalized spacial score (nSPS) is 11.3. The summed E-state index contributed by atoms with van der Waals surface area (Å²) in [4.78, 5) is 18.3. The van der Waals surface area contributed by atoms with Crippen molar-refractivity contribution in [1.82, 2.24) is 19.3 Å². The lowest BCUT2D eigenvalue weighted by Gasteiger charge is -2.13. The molecule has 0 radical (unpaired) electrons. The molecule has 0 unspecified atom stereocenters. The maximum absolute atomic E-state index is 13.5. The molecule has 0 aliphatic carbocycles. The minimum absolute atomic E-state index is 0.0929. The van der Waals surface area contributed by atoms with E-state index in [0.717, 1.165) is 16.8 Å². The van der Waals surface area contributed by atoms with Gasteiger partial charge in [0.1, 0.15) is 11.3 Å². The van der Waals surface area contributed by atoms with E-state index < -0.39 is 0 Å². The van der Waals surface area contributed by atoms with E-state index in [1.807, 2.05) is 45.0 Å². The highest BCUT2D eigenvalue weighted by atomic mass is 32.2. The molecule has 154 valence electrons. The van der Waals surface area contributed by atoms with Gasteiger partial charge in [-0.1, -0.05) is 53.7 Å². The molecule has 0 N–H and O–H groups in total. The Hall–Kier alpha value is -2.93. The quantitative estimate of drug-likeness (QED) is 0.334. The lowest BCUT2D eigenvalue weighted by atomic mass is 10.1. The van der Waals surface area contributed by atoms with Crippen LogP contribution < -0.4 is 5.56 Å². The molecule has 0 amide bonds. The van der Waals surface area contributed by atoms with Crippen molar-refractivity contribution >= 4 is 22.8 Å². The third-order valence-electron chi connectivity index (χ3n) is 5.02. The molecule has 0 fully saturated rings. The van der Waals surface area contributed by atoms with Crippen LogP contribution in [0.15, 0.2) is 58.5 Å². The van der Waals surface area contributed by atoms with Crippen molar-refractivity contribution < 1.29 is 4.39 Å². The number of hydrogen-bond donors (Lipinski definition) is 0. The molecule has 2 aromatic carbocycles. The zero-order chi connectivity index (χ0) is 21.3. The van der Waals surface area contributed by atoms with Crippen LogP contribution in [0, 0.1) is 19.7 Å². The first kappa shape index (κ1) is 20.3. The zero-order valence-electron chi connectivity index (χ0n) is 17.2. The highest BCUT2D eigenvalue weighted by Gasteiger charge is 2.18. The van der Waals surface area contributed by atoms with Crippen LogP contribution in [0.1, 0.15) is 29.3 Å². The van der Waals surface area contributed by atoms with E-state index in [9.17, 15) is 9.18 Å². The van der Waals surface area contributed by atoms with Crippen LogP contribution in [0.2, 0.25) is 0 Å². The van der Waals surface area contributed by atoms with Crippen molar-refractivity contribution in [1.29, 1.82) is 0 Å². The number of aryl methyl sites for hydroxylation is 3. The van der Waals surface area contributed by atoms with E-state index >= 15 is 0 Å². The SMILES string of the molecule is CCn1nc(C)c2nc(SCc3ccc(F)cc3)n(Cc3ccc(C)cc3)c(=O)c21. The van der Waals surface area contributed by atoms with E-state index in [2.05, 4.69) is 5.10 Å². The summed E-state index contributed by atoms with van der Waals surface area (Å²) in [6.07, 6.45) is 0. The second-order valence-corrected chi connectivity index (χ2v) is 8.23. The van der Waals surface area contributed by atoms with E-state index in [4.69, 9.17) is 4.98 Å². The summed E-state index contributed by atoms with van der Waals surface area (Å²) in [5.74, 6) is 0.328. The molecule has 0 spiro atoms. The van der Waals surface area contributed by atoms with Crippen molar-refractivity contribution in [3.8, 4) is 0 Å². The number of hydrogen-bond acceptors (Lipinski definition) is 4. The third-order valence-corrected chi connectivity index (χ3v) is 6.07. The Morgan fingerprint density at radius 1 is 1.00 bits per heavy atom. The fraction of sp³-hybridized carbons (Fsp3) is 0.261. The van der Waals surface area contributed by atoms with E-state index in [-0.39, 0.29) is 11.4 Å². The molecular formula is C23H23FN4OS. The molecule has 0 aliphatic rings. The summed E-state index contributed by atoms with van der Waals surface area (Å²) in [6.45, 7) is 6.91. The van der Waals surface area contributed by atoms with Gasteiger partial charge in [-0.05, 0) is 44.0 Å². The number of benzene rings is 2. The first-order valence-corrected chi connectivity index (χ1v) is 10.9. The molecule has 0 bridgehead atoms. The van der Waals surface area contributed by atoms with Crippen LogP contribution in [0.5, 0.6) is 0 Å². The fourth-order valence-electron chi connectivity index (χ4n) is 3.37. The van der Waals surface area contributed by atoms with Gasteiger partial charge >= 0.3 is 0 Å². The van der Waals surface area contributed by atoms with Crippen LogP contribution in [0.4, 0.5) is 4.39 Å². The minimum Gasteiger partial charge on any atom is -0.281 e. The molecule has 0 aliphatic heterocycles. The smallest absolute Gasteiger partial charge is 0.280 e. The molecule has 2 heterocycles. The first-order valence-electron chi connectivity index (χ1n) is 9.87. The molecule has 4 aromatic rings. The number of halogens is 1. The van der Waals surface area contributed by atoms with Crippen LogP contribution in [0.3, 0.4) is 0 Å². The standard InChI is InChI=1S/C23H23FN4OS/c1-4-28-21-20(16(3)26-28)25-23(30-14-18-9-11-19(24)12-10-18)27(22(21)29)13-17-7-5-15(2)6-8-17/h5-12H,4,13-14H2,1-3H3. The molecule has 5 nitrogen and oxygen atoms in total. The lowest BCUT2D eigenvalue weighted by molar-refractivity contribution is 0.627. The Kier molecular flexibility index (Phi) is 5.72. The summed E-state index contributed by atoms with van der Waals surface area (Å²) >= 11 is 1.48. The summed E-state index contributed by atoms with van der Waals surface area (Å²) in [7, 11) is 0. The van der Waals surface area contributed by atoms with Gasteiger partial charge < -0.3 is 0 Å². The Morgan fingerprint density at radius 3 is 2.33 bits per heavy atom. The third kappa shape index (κ3) is 4.03. The first-order chi connectivity index (χ1) is 14.5. The molecular weight excluding hydrogens is 399 g/mol. The number of rotatable bonds is 6. The van der Waals surface area contributed by atoms with Crippen LogP contribution in [-0.2, 0) is 18.8 Å². The average Bonchev–Trinajstić information content (AvgIpc) is 3.07. The van der Waals surface area contributed by atoms with Gasteiger partial charge in [0.05, 0.1) is 12.2 Å². The van der Waals surface area contributed by atoms with Crippen molar-refractivity contribution in [2.24, 2.45) is 0 Å². The van der Waals surface area contributed by atoms with Gasteiger partial charge in [-0.15, -0.1) is 0 Å². The minimum atomic E-state index is -0.262. The van der Waals surface area contributed by atoms with Crippen LogP contribution >= 0.6 is 11.8 Å². The molecule has 0 atom stereocenters. The topological polar surface area (TPSA) is 52.7 Å². The fourth-order valence-corrected chi connectivity index (χ4v) is 4.32. The summed E-state index contributed by atoms with van der Waals surface area (Å²) < 4.78 is 16.7. The van der Waals surface area contributed by atoms with Gasteiger partial charge in [0.2, 0.25) is 0 Å². The molecule has 30 heavy (non-hydrogen) atoms. The van der Waals surface area contributed by atoms with Gasteiger partial charge in [0.15, 0.2) is 10.7 Å². The van der Waals surface area contributed by atoms with E-state index in [0.29, 0.717) is 35.0 Å². The lowest BCUT2D eigenvalue weighted by Crippen LogP contribution is -2.25. The summed E-state index contributed by atoms with van der Waals surface area (Å²) in [5, 5.41) is 5.12. The van der Waals surface area contributed by atoms with Gasteiger partial charge in [0, 0.05) is 12.3 Å². The predicted molar refractivity (Wildman–Crippen MR) is 118 cm³/mol. The van der Waals surface area contributed by atoms with Gasteiger partial charge in [-0.25, -0.2) is 9.37 Å². The number of nitrogens with zero attached hydrogens (tertiary/aromatic N) is 4. The van der Waals surface area contributed by atoms with Crippen molar-refractivity contribution in [3.05, 3.63) is 87.1 Å². The molecule has 4 rings (SSSR count). The molecule has 0 saturated heterocycles. The summed E-state index contributed by atoms with van der Waals surface area (Å²) in [6, 6.07) is 14.5.